The number of hydrogen-bond donors (Lipinski definition) is 2. The van der Waals surface area contributed by atoms with E-state index < -0.39 is 16.7 Å². The van der Waals surface area contributed by atoms with Gasteiger partial charge < -0.3 is 11.1 Å². The first-order valence-electron chi connectivity index (χ1n) is 5.94. The lowest BCUT2D eigenvalue weighted by atomic mass is 10.3. The average molecular weight is 343 g/mol. The largest absolute Gasteiger partial charge is 0.399 e. The van der Waals surface area contributed by atoms with Gasteiger partial charge in [-0.15, -0.1) is 0 Å². The molecule has 0 aliphatic carbocycles. The minimum Gasteiger partial charge on any atom is -0.399 e. The molecule has 0 aliphatic heterocycles. The van der Waals surface area contributed by atoms with E-state index >= 15 is 0 Å². The Bertz CT molecular complexity index is 707. The molecule has 0 heterocycles. The second kappa shape index (κ2) is 6.93. The summed E-state index contributed by atoms with van der Waals surface area (Å²) in [6.07, 6.45) is 0. The fraction of sp³-hybridized carbons (Fsp3) is 0.0714. The summed E-state index contributed by atoms with van der Waals surface area (Å²) in [7, 11) is -1.47. The highest BCUT2D eigenvalue weighted by atomic mass is 35.5. The molecular weight excluding hydrogens is 331 g/mol. The van der Waals surface area contributed by atoms with Gasteiger partial charge in [0.1, 0.15) is 5.75 Å². The van der Waals surface area contributed by atoms with Crippen molar-refractivity contribution in [2.75, 3.05) is 16.8 Å². The van der Waals surface area contributed by atoms with Crippen molar-refractivity contribution in [3.8, 4) is 0 Å². The zero-order valence-corrected chi connectivity index (χ0v) is 13.1. The van der Waals surface area contributed by atoms with Gasteiger partial charge in [0.15, 0.2) is 0 Å². The van der Waals surface area contributed by atoms with E-state index in [2.05, 4.69) is 5.32 Å². The van der Waals surface area contributed by atoms with Crippen LogP contribution in [0, 0.1) is 0 Å². The first-order chi connectivity index (χ1) is 9.95. The second-order valence-corrected chi connectivity index (χ2v) is 6.53. The van der Waals surface area contributed by atoms with Crippen molar-refractivity contribution < 1.29 is 9.00 Å². The van der Waals surface area contributed by atoms with Gasteiger partial charge in [-0.1, -0.05) is 29.3 Å². The molecule has 3 N–H and O–H groups in total. The number of benzene rings is 2. The molecule has 2 rings (SSSR count). The highest BCUT2D eigenvalue weighted by Crippen LogP contribution is 2.24. The zero-order valence-electron chi connectivity index (χ0n) is 10.8. The summed E-state index contributed by atoms with van der Waals surface area (Å²) in [6, 6.07) is 11.3. The predicted molar refractivity (Wildman–Crippen MR) is 87.2 cm³/mol. The van der Waals surface area contributed by atoms with E-state index in [4.69, 9.17) is 28.9 Å². The topological polar surface area (TPSA) is 72.2 Å². The lowest BCUT2D eigenvalue weighted by Crippen LogP contribution is -2.19. The van der Waals surface area contributed by atoms with Gasteiger partial charge in [0.05, 0.1) is 21.5 Å². The number of carbonyl (C=O) groups excluding carboxylic acids is 1. The first-order valence-corrected chi connectivity index (χ1v) is 8.02. The summed E-state index contributed by atoms with van der Waals surface area (Å²) in [4.78, 5) is 12.4. The molecule has 21 heavy (non-hydrogen) atoms. The van der Waals surface area contributed by atoms with Crippen LogP contribution >= 0.6 is 23.2 Å². The van der Waals surface area contributed by atoms with Gasteiger partial charge in [-0.05, 0) is 36.4 Å². The molecule has 7 heteroatoms. The van der Waals surface area contributed by atoms with E-state index in [9.17, 15) is 9.00 Å². The molecule has 1 atom stereocenters. The third-order valence-electron chi connectivity index (χ3n) is 2.59. The summed E-state index contributed by atoms with van der Waals surface area (Å²) in [5, 5.41) is 3.41. The van der Waals surface area contributed by atoms with E-state index in [1.54, 1.807) is 36.4 Å². The third kappa shape index (κ3) is 4.46. The summed E-state index contributed by atoms with van der Waals surface area (Å²) >= 11 is 11.8. The van der Waals surface area contributed by atoms with E-state index in [0.717, 1.165) is 0 Å². The lowest BCUT2D eigenvalue weighted by Gasteiger charge is -2.08. The van der Waals surface area contributed by atoms with Crippen molar-refractivity contribution in [1.82, 2.24) is 0 Å². The molecule has 2 aromatic carbocycles. The highest BCUT2D eigenvalue weighted by molar-refractivity contribution is 7.85. The number of halogens is 2. The van der Waals surface area contributed by atoms with Crippen molar-refractivity contribution in [1.29, 1.82) is 0 Å². The van der Waals surface area contributed by atoms with Crippen molar-refractivity contribution in [2.45, 2.75) is 4.90 Å². The minimum absolute atomic E-state index is 0.180. The molecule has 1 amide bonds. The fourth-order valence-electron chi connectivity index (χ4n) is 1.63. The number of nitrogen functional groups attached to an aromatic ring is 1. The quantitative estimate of drug-likeness (QED) is 0.837. The molecule has 1 unspecified atom stereocenters. The Morgan fingerprint density at radius 3 is 2.62 bits per heavy atom. The molecule has 0 aromatic heterocycles. The predicted octanol–water partition coefficient (Wildman–Crippen LogP) is 3.32. The van der Waals surface area contributed by atoms with Gasteiger partial charge in [-0.2, -0.15) is 0 Å². The van der Waals surface area contributed by atoms with E-state index in [-0.39, 0.29) is 5.75 Å². The molecule has 2 aromatic rings. The Balaban J connectivity index is 2.03. The standard InChI is InChI=1S/C14H12Cl2N2O2S/c15-9-2-1-3-11(6-9)21(20)8-14(19)18-13-5-4-10(17)7-12(13)16/h1-7H,8,17H2,(H,18,19). The average Bonchev–Trinajstić information content (AvgIpc) is 2.42. The van der Waals surface area contributed by atoms with Gasteiger partial charge in [0.2, 0.25) is 5.91 Å². The van der Waals surface area contributed by atoms with Crippen LogP contribution in [0.15, 0.2) is 47.4 Å². The Hall–Kier alpha value is -1.56. The number of amides is 1. The summed E-state index contributed by atoms with van der Waals surface area (Å²) in [6.45, 7) is 0. The molecule has 0 bridgehead atoms. The molecular formula is C14H12Cl2N2O2S. The first kappa shape index (κ1) is 15.8. The molecule has 0 saturated heterocycles. The van der Waals surface area contributed by atoms with Crippen LogP contribution in [0.1, 0.15) is 0 Å². The lowest BCUT2D eigenvalue weighted by molar-refractivity contribution is -0.113. The zero-order chi connectivity index (χ0) is 15.4. The maximum atomic E-state index is 12.1. The number of nitrogens with two attached hydrogens (primary N) is 1. The van der Waals surface area contributed by atoms with Crippen LogP contribution in [0.5, 0.6) is 0 Å². The maximum Gasteiger partial charge on any atom is 0.237 e. The van der Waals surface area contributed by atoms with Gasteiger partial charge in [0, 0.05) is 15.6 Å². The number of rotatable bonds is 4. The van der Waals surface area contributed by atoms with Crippen molar-refractivity contribution in [3.63, 3.8) is 0 Å². The van der Waals surface area contributed by atoms with Crippen LogP contribution in [-0.4, -0.2) is 15.9 Å². The normalized spacial score (nSPS) is 11.9. The van der Waals surface area contributed by atoms with Crippen molar-refractivity contribution in [3.05, 3.63) is 52.5 Å². The smallest absolute Gasteiger partial charge is 0.237 e. The third-order valence-corrected chi connectivity index (χ3v) is 4.44. The van der Waals surface area contributed by atoms with Gasteiger partial charge >= 0.3 is 0 Å². The van der Waals surface area contributed by atoms with Gasteiger partial charge in [-0.25, -0.2) is 0 Å². The Labute approximate surface area is 134 Å². The molecule has 0 spiro atoms. The van der Waals surface area contributed by atoms with Crippen molar-refractivity contribution in [2.24, 2.45) is 0 Å². The molecule has 110 valence electrons. The maximum absolute atomic E-state index is 12.1. The van der Waals surface area contributed by atoms with Crippen LogP contribution < -0.4 is 11.1 Å². The summed E-state index contributed by atoms with van der Waals surface area (Å²) < 4.78 is 12.1. The van der Waals surface area contributed by atoms with Gasteiger partial charge in [0.25, 0.3) is 0 Å². The molecule has 0 saturated carbocycles. The SMILES string of the molecule is Nc1ccc(NC(=O)CS(=O)c2cccc(Cl)c2)c(Cl)c1. The van der Waals surface area contributed by atoms with E-state index in [0.29, 0.717) is 26.3 Å². The highest BCUT2D eigenvalue weighted by Gasteiger charge is 2.12. The minimum atomic E-state index is -1.47. The number of nitrogens with one attached hydrogen (secondary N) is 1. The van der Waals surface area contributed by atoms with E-state index in [1.165, 1.54) is 6.07 Å². The monoisotopic (exact) mass is 342 g/mol. The molecule has 0 aliphatic rings. The van der Waals surface area contributed by atoms with Crippen LogP contribution in [0.25, 0.3) is 0 Å². The summed E-state index contributed by atoms with van der Waals surface area (Å²) in [5.74, 6) is -0.582. The van der Waals surface area contributed by atoms with Crippen LogP contribution in [0.3, 0.4) is 0 Å². The fourth-order valence-corrected chi connectivity index (χ4v) is 3.09. The Kier molecular flexibility index (Phi) is 5.22. The van der Waals surface area contributed by atoms with Crippen LogP contribution in [0.4, 0.5) is 11.4 Å². The molecule has 4 nitrogen and oxygen atoms in total. The van der Waals surface area contributed by atoms with Gasteiger partial charge in [-0.3, -0.25) is 9.00 Å². The number of carbonyl (C=O) groups is 1. The Morgan fingerprint density at radius 1 is 1.19 bits per heavy atom. The van der Waals surface area contributed by atoms with Crippen molar-refractivity contribution >= 4 is 51.3 Å². The number of anilines is 2. The molecule has 0 fully saturated rings. The van der Waals surface area contributed by atoms with Crippen LogP contribution in [0.2, 0.25) is 10.0 Å². The number of hydrogen-bond acceptors (Lipinski definition) is 3. The van der Waals surface area contributed by atoms with Crippen LogP contribution in [-0.2, 0) is 15.6 Å². The summed E-state index contributed by atoms with van der Waals surface area (Å²) in [5.41, 5.74) is 6.50. The van der Waals surface area contributed by atoms with E-state index in [1.807, 2.05) is 0 Å². The molecule has 0 radical (unpaired) electrons. The Morgan fingerprint density at radius 2 is 1.95 bits per heavy atom. The second-order valence-electron chi connectivity index (χ2n) is 4.23.